The minimum Gasteiger partial charge on any atom is -0.0851 e. The van der Waals surface area contributed by atoms with Gasteiger partial charge in [-0.25, -0.2) is 0 Å². The van der Waals surface area contributed by atoms with Crippen LogP contribution in [0.2, 0.25) is 0 Å². The van der Waals surface area contributed by atoms with Gasteiger partial charge in [0.1, 0.15) is 0 Å². The Labute approximate surface area is 182 Å². The Bertz CT molecular complexity index is 587. The fraction of sp³-hybridized carbons (Fsp3) is 0.931. The van der Waals surface area contributed by atoms with Crippen molar-refractivity contribution in [2.45, 2.75) is 112 Å². The summed E-state index contributed by atoms with van der Waals surface area (Å²) in [4.78, 5) is 0. The third-order valence-corrected chi connectivity index (χ3v) is 11.3. The monoisotopic (exact) mass is 398 g/mol. The first-order chi connectivity index (χ1) is 13.8. The number of hydrogen-bond acceptors (Lipinski definition) is 0. The molecule has 0 aromatic carbocycles. The molecular formula is C29H50. The predicted octanol–water partition coefficient (Wildman–Crippen LogP) is 8.91. The highest BCUT2D eigenvalue weighted by Crippen LogP contribution is 2.68. The van der Waals surface area contributed by atoms with Gasteiger partial charge in [0.05, 0.1) is 0 Å². The van der Waals surface area contributed by atoms with Gasteiger partial charge in [-0.2, -0.15) is 0 Å². The van der Waals surface area contributed by atoms with Crippen molar-refractivity contribution in [3.8, 4) is 0 Å². The van der Waals surface area contributed by atoms with Crippen LogP contribution >= 0.6 is 0 Å². The van der Waals surface area contributed by atoms with Gasteiger partial charge in [0.2, 0.25) is 0 Å². The Morgan fingerprint density at radius 1 is 0.793 bits per heavy atom. The molecule has 4 aliphatic carbocycles. The normalized spacial score (nSPS) is 46.9. The summed E-state index contributed by atoms with van der Waals surface area (Å²) in [6, 6.07) is 0. The molecule has 0 nitrogen and oxygen atoms in total. The molecule has 0 heteroatoms. The molecule has 0 heterocycles. The van der Waals surface area contributed by atoms with E-state index in [1.165, 1.54) is 38.5 Å². The van der Waals surface area contributed by atoms with Crippen molar-refractivity contribution in [2.75, 3.05) is 0 Å². The van der Waals surface area contributed by atoms with E-state index in [4.69, 9.17) is 0 Å². The van der Waals surface area contributed by atoms with Crippen LogP contribution in [0, 0.1) is 58.2 Å². The molecule has 0 spiro atoms. The lowest BCUT2D eigenvalue weighted by atomic mass is 9.44. The predicted molar refractivity (Wildman–Crippen MR) is 127 cm³/mol. The van der Waals surface area contributed by atoms with Crippen LogP contribution in [0.4, 0.5) is 0 Å². The van der Waals surface area contributed by atoms with Crippen molar-refractivity contribution in [3.05, 3.63) is 12.2 Å². The second kappa shape index (κ2) is 8.35. The number of allylic oxidation sites excluding steroid dienone is 2. The third kappa shape index (κ3) is 3.67. The average Bonchev–Trinajstić information content (AvgIpc) is 3.05. The lowest BCUT2D eigenvalue weighted by Crippen LogP contribution is -2.53. The van der Waals surface area contributed by atoms with Gasteiger partial charge in [-0.15, -0.1) is 0 Å². The van der Waals surface area contributed by atoms with Gasteiger partial charge >= 0.3 is 0 Å². The van der Waals surface area contributed by atoms with Crippen molar-refractivity contribution in [1.82, 2.24) is 0 Å². The second-order valence-electron chi connectivity index (χ2n) is 12.7. The summed E-state index contributed by atoms with van der Waals surface area (Å²) >= 11 is 0. The molecular weight excluding hydrogens is 348 g/mol. The summed E-state index contributed by atoms with van der Waals surface area (Å²) < 4.78 is 0. The first-order valence-electron chi connectivity index (χ1n) is 13.5. The second-order valence-corrected chi connectivity index (χ2v) is 12.7. The van der Waals surface area contributed by atoms with Crippen LogP contribution in [-0.2, 0) is 0 Å². The molecule has 0 N–H and O–H groups in total. The summed E-state index contributed by atoms with van der Waals surface area (Å²) in [5, 5.41) is 0. The van der Waals surface area contributed by atoms with Gasteiger partial charge < -0.3 is 0 Å². The smallest absolute Gasteiger partial charge is 0.0213 e. The van der Waals surface area contributed by atoms with Gasteiger partial charge in [0.25, 0.3) is 0 Å². The first-order valence-corrected chi connectivity index (χ1v) is 13.5. The molecule has 0 amide bonds. The highest BCUT2D eigenvalue weighted by atomic mass is 14.6. The topological polar surface area (TPSA) is 0 Å². The minimum atomic E-state index is 0.613. The number of hydrogen-bond donors (Lipinski definition) is 0. The molecule has 0 unspecified atom stereocenters. The van der Waals surface area contributed by atoms with E-state index in [9.17, 15) is 0 Å². The standard InChI is InChI=1S/C29H50/c1-7-22(20(2)3)12-11-21(4)25-15-16-26-24-14-13-23-10-8-9-18-28(23,5)27(24)17-19-29(25,26)6/h11-12,20-27H,7-10,13-19H2,1-6H3/b12-11+/t21-,22+,23-,24+,25-,26+,27+,28+,29-/m1/s1. The van der Waals surface area contributed by atoms with Gasteiger partial charge in [0, 0.05) is 0 Å². The highest BCUT2D eigenvalue weighted by Gasteiger charge is 2.59. The van der Waals surface area contributed by atoms with Crippen LogP contribution in [0.5, 0.6) is 0 Å². The molecule has 0 aliphatic heterocycles. The van der Waals surface area contributed by atoms with E-state index in [-0.39, 0.29) is 0 Å². The fourth-order valence-corrected chi connectivity index (χ4v) is 9.48. The van der Waals surface area contributed by atoms with Crippen molar-refractivity contribution >= 4 is 0 Å². The van der Waals surface area contributed by atoms with Crippen LogP contribution in [0.1, 0.15) is 112 Å². The molecule has 9 atom stereocenters. The van der Waals surface area contributed by atoms with Gasteiger partial charge in [-0.1, -0.05) is 66.5 Å². The average molecular weight is 399 g/mol. The van der Waals surface area contributed by atoms with E-state index in [0.29, 0.717) is 10.8 Å². The summed E-state index contributed by atoms with van der Waals surface area (Å²) in [6.45, 7) is 15.1. The van der Waals surface area contributed by atoms with E-state index in [2.05, 4.69) is 53.7 Å². The zero-order valence-electron chi connectivity index (χ0n) is 20.6. The van der Waals surface area contributed by atoms with Crippen molar-refractivity contribution in [1.29, 1.82) is 0 Å². The van der Waals surface area contributed by atoms with Gasteiger partial charge in [-0.3, -0.25) is 0 Å². The van der Waals surface area contributed by atoms with Crippen LogP contribution < -0.4 is 0 Å². The quantitative estimate of drug-likeness (QED) is 0.405. The molecule has 4 fully saturated rings. The minimum absolute atomic E-state index is 0.613. The molecule has 4 rings (SSSR count). The van der Waals surface area contributed by atoms with E-state index >= 15 is 0 Å². The fourth-order valence-electron chi connectivity index (χ4n) is 9.48. The van der Waals surface area contributed by atoms with Crippen LogP contribution in [0.3, 0.4) is 0 Å². The summed E-state index contributed by atoms with van der Waals surface area (Å²) in [5.41, 5.74) is 1.31. The number of rotatable bonds is 5. The van der Waals surface area contributed by atoms with Crippen molar-refractivity contribution in [3.63, 3.8) is 0 Å². The van der Waals surface area contributed by atoms with Crippen LogP contribution in [0.25, 0.3) is 0 Å². The zero-order chi connectivity index (χ0) is 20.8. The van der Waals surface area contributed by atoms with Crippen molar-refractivity contribution < 1.29 is 0 Å². The Hall–Kier alpha value is -0.260. The molecule has 4 aliphatic rings. The molecule has 4 saturated carbocycles. The van der Waals surface area contributed by atoms with Crippen molar-refractivity contribution in [2.24, 2.45) is 58.2 Å². The van der Waals surface area contributed by atoms with Gasteiger partial charge in [-0.05, 0) is 116 Å². The van der Waals surface area contributed by atoms with Crippen LogP contribution in [0.15, 0.2) is 12.2 Å². The molecule has 0 saturated heterocycles. The molecule has 0 aromatic rings. The maximum atomic E-state index is 2.73. The maximum Gasteiger partial charge on any atom is -0.0213 e. The highest BCUT2D eigenvalue weighted by molar-refractivity contribution is 5.11. The SMILES string of the molecule is CC[C@@H](/C=C/[C@@H](C)[C@H]1CC[C@H]2[C@@H]3CC[C@H]4CCCC[C@]4(C)[C@H]3CC[C@]12C)C(C)C. The maximum absolute atomic E-state index is 2.73. The zero-order valence-corrected chi connectivity index (χ0v) is 20.6. The van der Waals surface area contributed by atoms with Crippen LogP contribution in [-0.4, -0.2) is 0 Å². The first kappa shape index (κ1) is 22.0. The number of fused-ring (bicyclic) bond motifs is 5. The molecule has 166 valence electrons. The third-order valence-electron chi connectivity index (χ3n) is 11.3. The Morgan fingerprint density at radius 3 is 2.28 bits per heavy atom. The Balaban J connectivity index is 1.50. The molecule has 0 radical (unpaired) electrons. The summed E-state index contributed by atoms with van der Waals surface area (Å²) in [6.07, 6.45) is 21.8. The molecule has 29 heavy (non-hydrogen) atoms. The Morgan fingerprint density at radius 2 is 1.55 bits per heavy atom. The Kier molecular flexibility index (Phi) is 6.32. The van der Waals surface area contributed by atoms with E-state index in [1.54, 1.807) is 32.1 Å². The molecule has 0 bridgehead atoms. The lowest BCUT2D eigenvalue weighted by Gasteiger charge is -2.60. The van der Waals surface area contributed by atoms with Gasteiger partial charge in [0.15, 0.2) is 0 Å². The largest absolute Gasteiger partial charge is 0.0851 e. The molecule has 0 aromatic heterocycles. The lowest BCUT2D eigenvalue weighted by molar-refractivity contribution is -0.112. The van der Waals surface area contributed by atoms with E-state index < -0.39 is 0 Å². The summed E-state index contributed by atoms with van der Waals surface area (Å²) in [7, 11) is 0. The van der Waals surface area contributed by atoms with E-state index in [0.717, 1.165) is 47.3 Å². The summed E-state index contributed by atoms with van der Waals surface area (Å²) in [5.74, 6) is 7.40. The van der Waals surface area contributed by atoms with E-state index in [1.807, 2.05) is 0 Å².